The summed E-state index contributed by atoms with van der Waals surface area (Å²) in [6.45, 7) is 0. The molecule has 5 nitrogen and oxygen atoms in total. The summed E-state index contributed by atoms with van der Waals surface area (Å²) in [5, 5.41) is 11.5. The minimum Gasteiger partial charge on any atom is -0.478 e. The molecule has 0 spiro atoms. The molecule has 6 heteroatoms. The molecule has 0 fully saturated rings. The third-order valence-corrected chi connectivity index (χ3v) is 3.53. The van der Waals surface area contributed by atoms with Gasteiger partial charge in [-0.05, 0) is 25.7 Å². The zero-order valence-electron chi connectivity index (χ0n) is 9.10. The predicted octanol–water partition coefficient (Wildman–Crippen LogP) is 1.60. The maximum atomic E-state index is 11.3. The van der Waals surface area contributed by atoms with Crippen LogP contribution >= 0.6 is 11.3 Å². The number of hydrogen-bond acceptors (Lipinski definition) is 4. The van der Waals surface area contributed by atoms with Gasteiger partial charge < -0.3 is 5.11 Å². The van der Waals surface area contributed by atoms with Gasteiger partial charge in [-0.1, -0.05) is 0 Å². The van der Waals surface area contributed by atoms with Crippen LogP contribution in [0.1, 0.15) is 23.4 Å². The second-order valence-corrected chi connectivity index (χ2v) is 4.84. The molecule has 1 aromatic rings. The van der Waals surface area contributed by atoms with Crippen molar-refractivity contribution < 1.29 is 14.7 Å². The molecule has 17 heavy (non-hydrogen) atoms. The van der Waals surface area contributed by atoms with Crippen LogP contribution < -0.4 is 5.32 Å². The molecule has 0 unspecified atom stereocenters. The first-order valence-corrected chi connectivity index (χ1v) is 6.17. The van der Waals surface area contributed by atoms with Crippen LogP contribution in [0.15, 0.2) is 12.2 Å². The quantitative estimate of drug-likeness (QED) is 0.801. The number of aliphatic carboxylic acids is 1. The summed E-state index contributed by atoms with van der Waals surface area (Å²) >= 11 is 1.47. The van der Waals surface area contributed by atoms with Crippen molar-refractivity contribution in [1.82, 2.24) is 4.98 Å². The zero-order valence-corrected chi connectivity index (χ0v) is 9.92. The van der Waals surface area contributed by atoms with E-state index in [9.17, 15) is 9.59 Å². The number of carbonyl (C=O) groups excluding carboxylic acids is 1. The number of carboxylic acids is 1. The highest BCUT2D eigenvalue weighted by Crippen LogP contribution is 2.29. The van der Waals surface area contributed by atoms with E-state index in [2.05, 4.69) is 10.3 Å². The van der Waals surface area contributed by atoms with E-state index in [0.29, 0.717) is 5.13 Å². The van der Waals surface area contributed by atoms with Crippen molar-refractivity contribution >= 4 is 28.3 Å². The molecule has 90 valence electrons. The monoisotopic (exact) mass is 252 g/mol. The van der Waals surface area contributed by atoms with Crippen LogP contribution in [0, 0.1) is 0 Å². The molecule has 1 amide bonds. The SMILES string of the molecule is O=C(O)/C=C\C(=O)Nc1nc2c(s1)CCCC2. The Morgan fingerprint density at radius 1 is 1.29 bits per heavy atom. The predicted molar refractivity (Wildman–Crippen MR) is 64.2 cm³/mol. The van der Waals surface area contributed by atoms with Crippen molar-refractivity contribution in [3.63, 3.8) is 0 Å². The minimum absolute atomic E-state index is 0.460. The second kappa shape index (κ2) is 5.09. The van der Waals surface area contributed by atoms with Gasteiger partial charge in [0.25, 0.3) is 0 Å². The molecule has 2 rings (SSSR count). The third kappa shape index (κ3) is 3.13. The zero-order chi connectivity index (χ0) is 12.3. The van der Waals surface area contributed by atoms with E-state index in [1.807, 2.05) is 0 Å². The topological polar surface area (TPSA) is 79.3 Å². The lowest BCUT2D eigenvalue weighted by atomic mass is 10.0. The van der Waals surface area contributed by atoms with Crippen molar-refractivity contribution in [3.8, 4) is 0 Å². The van der Waals surface area contributed by atoms with E-state index in [0.717, 1.165) is 37.1 Å². The van der Waals surface area contributed by atoms with Crippen molar-refractivity contribution in [1.29, 1.82) is 0 Å². The maximum Gasteiger partial charge on any atom is 0.328 e. The molecular formula is C11H12N2O3S. The standard InChI is InChI=1S/C11H12N2O3S/c14-9(5-6-10(15)16)13-11-12-7-3-1-2-4-8(7)17-11/h5-6H,1-4H2,(H,15,16)(H,12,13,14)/b6-5-. The molecule has 0 saturated carbocycles. The van der Waals surface area contributed by atoms with Gasteiger partial charge in [0.05, 0.1) is 5.69 Å². The molecule has 1 aromatic heterocycles. The summed E-state index contributed by atoms with van der Waals surface area (Å²) in [6.07, 6.45) is 6.09. The lowest BCUT2D eigenvalue weighted by Gasteiger charge is -2.06. The van der Waals surface area contributed by atoms with Crippen molar-refractivity contribution in [2.24, 2.45) is 0 Å². The number of thiazole rings is 1. The molecule has 0 radical (unpaired) electrons. The number of amides is 1. The van der Waals surface area contributed by atoms with Gasteiger partial charge in [0, 0.05) is 17.0 Å². The van der Waals surface area contributed by atoms with Gasteiger partial charge in [0.1, 0.15) is 0 Å². The molecule has 1 heterocycles. The van der Waals surface area contributed by atoms with Gasteiger partial charge in [-0.15, -0.1) is 11.3 Å². The fraction of sp³-hybridized carbons (Fsp3) is 0.364. The van der Waals surface area contributed by atoms with Crippen LogP contribution in [0.25, 0.3) is 0 Å². The van der Waals surface area contributed by atoms with E-state index < -0.39 is 11.9 Å². The Morgan fingerprint density at radius 2 is 2.06 bits per heavy atom. The first-order chi connectivity index (χ1) is 8.15. The number of carboxylic acid groups (broad SMARTS) is 1. The van der Waals surface area contributed by atoms with Crippen LogP contribution in [0.4, 0.5) is 5.13 Å². The molecule has 0 aliphatic heterocycles. The largest absolute Gasteiger partial charge is 0.478 e. The fourth-order valence-corrected chi connectivity index (χ4v) is 2.75. The first kappa shape index (κ1) is 11.8. The average Bonchev–Trinajstić information content (AvgIpc) is 2.68. The lowest BCUT2D eigenvalue weighted by molar-refractivity contribution is -0.131. The highest BCUT2D eigenvalue weighted by molar-refractivity contribution is 7.15. The Hall–Kier alpha value is -1.69. The summed E-state index contributed by atoms with van der Waals surface area (Å²) in [4.78, 5) is 27.1. The molecule has 1 aliphatic rings. The molecule has 0 aromatic carbocycles. The van der Waals surface area contributed by atoms with Crippen molar-refractivity contribution in [3.05, 3.63) is 22.7 Å². The number of carbonyl (C=O) groups is 2. The van der Waals surface area contributed by atoms with Gasteiger partial charge in [-0.2, -0.15) is 0 Å². The summed E-state index contributed by atoms with van der Waals surface area (Å²) < 4.78 is 0. The van der Waals surface area contributed by atoms with Crippen LogP contribution in [0.5, 0.6) is 0 Å². The Labute approximate surface area is 102 Å². The smallest absolute Gasteiger partial charge is 0.328 e. The highest BCUT2D eigenvalue weighted by Gasteiger charge is 2.15. The fourth-order valence-electron chi connectivity index (χ4n) is 1.70. The molecule has 0 saturated heterocycles. The number of nitrogens with zero attached hydrogens (tertiary/aromatic N) is 1. The van der Waals surface area contributed by atoms with E-state index in [-0.39, 0.29) is 0 Å². The van der Waals surface area contributed by atoms with Gasteiger partial charge in [0.2, 0.25) is 5.91 Å². The van der Waals surface area contributed by atoms with E-state index in [4.69, 9.17) is 5.11 Å². The summed E-state index contributed by atoms with van der Waals surface area (Å²) in [5.74, 6) is -1.60. The number of fused-ring (bicyclic) bond motifs is 1. The third-order valence-electron chi connectivity index (χ3n) is 2.45. The van der Waals surface area contributed by atoms with Gasteiger partial charge in [-0.25, -0.2) is 9.78 Å². The molecule has 0 atom stereocenters. The van der Waals surface area contributed by atoms with E-state index in [1.54, 1.807) is 0 Å². The molecule has 2 N–H and O–H groups in total. The average molecular weight is 252 g/mol. The minimum atomic E-state index is -1.14. The lowest BCUT2D eigenvalue weighted by Crippen LogP contribution is -2.08. The maximum absolute atomic E-state index is 11.3. The Kier molecular flexibility index (Phi) is 3.53. The molecule has 1 aliphatic carbocycles. The van der Waals surface area contributed by atoms with Gasteiger partial charge >= 0.3 is 5.97 Å². The number of rotatable bonds is 3. The summed E-state index contributed by atoms with van der Waals surface area (Å²) in [5.41, 5.74) is 1.07. The summed E-state index contributed by atoms with van der Waals surface area (Å²) in [6, 6.07) is 0. The normalized spacial score (nSPS) is 14.6. The van der Waals surface area contributed by atoms with Crippen LogP contribution in [0.3, 0.4) is 0 Å². The Morgan fingerprint density at radius 3 is 2.76 bits per heavy atom. The van der Waals surface area contributed by atoms with E-state index in [1.165, 1.54) is 22.6 Å². The molecular weight excluding hydrogens is 240 g/mol. The summed E-state index contributed by atoms with van der Waals surface area (Å²) in [7, 11) is 0. The van der Waals surface area contributed by atoms with Gasteiger partial charge in [-0.3, -0.25) is 10.1 Å². The Bertz CT molecular complexity index is 456. The number of hydrogen-bond donors (Lipinski definition) is 2. The van der Waals surface area contributed by atoms with Crippen LogP contribution in [-0.2, 0) is 22.4 Å². The number of anilines is 1. The van der Waals surface area contributed by atoms with Crippen molar-refractivity contribution in [2.75, 3.05) is 5.32 Å². The second-order valence-electron chi connectivity index (χ2n) is 3.76. The number of aromatic nitrogens is 1. The van der Waals surface area contributed by atoms with Crippen LogP contribution in [0.2, 0.25) is 0 Å². The van der Waals surface area contributed by atoms with Crippen LogP contribution in [-0.4, -0.2) is 22.0 Å². The number of aryl methyl sites for hydroxylation is 2. The van der Waals surface area contributed by atoms with E-state index >= 15 is 0 Å². The van der Waals surface area contributed by atoms with Crippen molar-refractivity contribution in [2.45, 2.75) is 25.7 Å². The van der Waals surface area contributed by atoms with Gasteiger partial charge in [0.15, 0.2) is 5.13 Å². The Balaban J connectivity index is 2.01. The number of nitrogens with one attached hydrogen (secondary N) is 1. The molecule has 0 bridgehead atoms. The first-order valence-electron chi connectivity index (χ1n) is 5.36. The highest BCUT2D eigenvalue weighted by atomic mass is 32.1.